The van der Waals surface area contributed by atoms with Crippen LogP contribution >= 0.6 is 0 Å². The van der Waals surface area contributed by atoms with Gasteiger partial charge in [0.2, 0.25) is 5.91 Å². The zero-order valence-electron chi connectivity index (χ0n) is 12.6. The first-order valence-electron chi connectivity index (χ1n) is 7.97. The molecule has 0 bridgehead atoms. The van der Waals surface area contributed by atoms with Gasteiger partial charge in [0.1, 0.15) is 0 Å². The molecule has 1 saturated heterocycles. The number of carbonyl (C=O) groups is 1. The van der Waals surface area contributed by atoms with E-state index in [0.717, 1.165) is 39.1 Å². The monoisotopic (exact) mass is 288 g/mol. The van der Waals surface area contributed by atoms with E-state index < -0.39 is 0 Å². The zero-order valence-corrected chi connectivity index (χ0v) is 12.6. The Kier molecular flexibility index (Phi) is 4.56. The van der Waals surface area contributed by atoms with Crippen LogP contribution in [0.5, 0.6) is 0 Å². The van der Waals surface area contributed by atoms with E-state index in [1.54, 1.807) is 0 Å². The van der Waals surface area contributed by atoms with Crippen LogP contribution < -0.4 is 10.6 Å². The summed E-state index contributed by atoms with van der Waals surface area (Å²) in [7, 11) is 0. The van der Waals surface area contributed by atoms with E-state index in [1.807, 2.05) is 12.1 Å². The number of hydrogen-bond donors (Lipinski definition) is 2. The highest BCUT2D eigenvalue weighted by molar-refractivity contribution is 5.84. The third-order valence-corrected chi connectivity index (χ3v) is 4.70. The summed E-state index contributed by atoms with van der Waals surface area (Å²) in [4.78, 5) is 12.5. The van der Waals surface area contributed by atoms with Gasteiger partial charge in [-0.2, -0.15) is 0 Å². The maximum Gasteiger partial charge on any atom is 0.228 e. The minimum Gasteiger partial charge on any atom is -0.378 e. The molecule has 3 atom stereocenters. The summed E-state index contributed by atoms with van der Waals surface area (Å²) in [5.41, 5.74) is 2.41. The van der Waals surface area contributed by atoms with Crippen LogP contribution in [0.15, 0.2) is 24.3 Å². The molecule has 0 aliphatic carbocycles. The number of carbonyl (C=O) groups excluding carboxylic acids is 1. The summed E-state index contributed by atoms with van der Waals surface area (Å²) < 4.78 is 5.69. The predicted molar refractivity (Wildman–Crippen MR) is 82.0 cm³/mol. The van der Waals surface area contributed by atoms with Gasteiger partial charge in [0.05, 0.1) is 12.0 Å². The maximum absolute atomic E-state index is 12.5. The minimum absolute atomic E-state index is 0.0719. The summed E-state index contributed by atoms with van der Waals surface area (Å²) in [6.07, 6.45) is 2.38. The van der Waals surface area contributed by atoms with Gasteiger partial charge in [0.15, 0.2) is 0 Å². The molecule has 1 fully saturated rings. The van der Waals surface area contributed by atoms with E-state index in [-0.39, 0.29) is 11.8 Å². The highest BCUT2D eigenvalue weighted by atomic mass is 16.5. The van der Waals surface area contributed by atoms with Gasteiger partial charge >= 0.3 is 0 Å². The third kappa shape index (κ3) is 3.11. The lowest BCUT2D eigenvalue weighted by Crippen LogP contribution is -2.41. The van der Waals surface area contributed by atoms with Crippen LogP contribution in [0.25, 0.3) is 0 Å². The lowest BCUT2D eigenvalue weighted by Gasteiger charge is -2.26. The summed E-state index contributed by atoms with van der Waals surface area (Å²) in [6.45, 7) is 5.28. The molecule has 4 heteroatoms. The fourth-order valence-corrected chi connectivity index (χ4v) is 3.46. The molecule has 0 aromatic heterocycles. The number of rotatable bonds is 4. The molecule has 0 spiro atoms. The van der Waals surface area contributed by atoms with Crippen LogP contribution in [-0.2, 0) is 16.1 Å². The van der Waals surface area contributed by atoms with Crippen LogP contribution in [0.1, 0.15) is 36.8 Å². The molecule has 3 rings (SSSR count). The Morgan fingerprint density at radius 3 is 3.14 bits per heavy atom. The van der Waals surface area contributed by atoms with E-state index >= 15 is 0 Å². The molecule has 1 aromatic carbocycles. The Labute approximate surface area is 126 Å². The molecular weight excluding hydrogens is 264 g/mol. The third-order valence-electron chi connectivity index (χ3n) is 4.70. The minimum atomic E-state index is -0.0719. The molecular formula is C17H24N2O2. The zero-order chi connectivity index (χ0) is 14.7. The summed E-state index contributed by atoms with van der Waals surface area (Å²) >= 11 is 0. The van der Waals surface area contributed by atoms with Crippen molar-refractivity contribution in [3.63, 3.8) is 0 Å². The molecule has 0 saturated carbocycles. The van der Waals surface area contributed by atoms with Gasteiger partial charge in [-0.3, -0.25) is 4.79 Å². The molecule has 1 aromatic rings. The first kappa shape index (κ1) is 14.5. The van der Waals surface area contributed by atoms with Gasteiger partial charge in [-0.25, -0.2) is 0 Å². The molecule has 4 nitrogen and oxygen atoms in total. The van der Waals surface area contributed by atoms with E-state index in [4.69, 9.17) is 4.74 Å². The van der Waals surface area contributed by atoms with Crippen LogP contribution in [0.4, 0.5) is 0 Å². The lowest BCUT2D eigenvalue weighted by molar-refractivity contribution is -0.122. The van der Waals surface area contributed by atoms with Crippen LogP contribution in [0.3, 0.4) is 0 Å². The van der Waals surface area contributed by atoms with Crippen LogP contribution in [0, 0.1) is 5.92 Å². The van der Waals surface area contributed by atoms with Gasteiger partial charge in [-0.1, -0.05) is 31.2 Å². The van der Waals surface area contributed by atoms with E-state index in [1.165, 1.54) is 11.1 Å². The number of hydrogen-bond acceptors (Lipinski definition) is 3. The normalized spacial score (nSPS) is 28.1. The van der Waals surface area contributed by atoms with Gasteiger partial charge in [-0.15, -0.1) is 0 Å². The van der Waals surface area contributed by atoms with Gasteiger partial charge < -0.3 is 15.4 Å². The fraction of sp³-hybridized carbons (Fsp3) is 0.588. The predicted octanol–water partition coefficient (Wildman–Crippen LogP) is 1.80. The van der Waals surface area contributed by atoms with Crippen molar-refractivity contribution in [2.75, 3.05) is 19.7 Å². The summed E-state index contributed by atoms with van der Waals surface area (Å²) in [6, 6.07) is 8.22. The Morgan fingerprint density at radius 2 is 2.29 bits per heavy atom. The van der Waals surface area contributed by atoms with Crippen molar-refractivity contribution < 1.29 is 9.53 Å². The Hall–Kier alpha value is -1.39. The quantitative estimate of drug-likeness (QED) is 0.888. The number of amides is 1. The second-order valence-electron chi connectivity index (χ2n) is 5.99. The molecule has 21 heavy (non-hydrogen) atoms. The van der Waals surface area contributed by atoms with Gasteiger partial charge in [0, 0.05) is 32.2 Å². The Bertz CT molecular complexity index is 503. The molecule has 2 aliphatic heterocycles. The lowest BCUT2D eigenvalue weighted by atomic mass is 9.90. The molecule has 2 N–H and O–H groups in total. The average Bonchev–Trinajstić information content (AvgIpc) is 2.99. The summed E-state index contributed by atoms with van der Waals surface area (Å²) in [5, 5.41) is 6.47. The molecule has 3 unspecified atom stereocenters. The van der Waals surface area contributed by atoms with Crippen molar-refractivity contribution in [1.82, 2.24) is 10.6 Å². The van der Waals surface area contributed by atoms with Crippen molar-refractivity contribution in [3.8, 4) is 0 Å². The fourth-order valence-electron chi connectivity index (χ4n) is 3.46. The van der Waals surface area contributed by atoms with E-state index in [0.29, 0.717) is 12.0 Å². The largest absolute Gasteiger partial charge is 0.378 e. The summed E-state index contributed by atoms with van der Waals surface area (Å²) in [5.74, 6) is 0.527. The highest BCUT2D eigenvalue weighted by Crippen LogP contribution is 2.25. The average molecular weight is 288 g/mol. The second-order valence-corrected chi connectivity index (χ2v) is 5.99. The van der Waals surface area contributed by atoms with E-state index in [2.05, 4.69) is 29.7 Å². The van der Waals surface area contributed by atoms with Crippen molar-refractivity contribution in [2.24, 2.45) is 5.92 Å². The van der Waals surface area contributed by atoms with Gasteiger partial charge in [0.25, 0.3) is 0 Å². The first-order valence-corrected chi connectivity index (χ1v) is 7.97. The van der Waals surface area contributed by atoms with Crippen molar-refractivity contribution in [2.45, 2.75) is 38.3 Å². The number of nitrogens with one attached hydrogen (secondary N) is 2. The van der Waals surface area contributed by atoms with E-state index in [9.17, 15) is 4.79 Å². The smallest absolute Gasteiger partial charge is 0.228 e. The molecule has 114 valence electrons. The number of fused-ring (bicyclic) bond motifs is 1. The van der Waals surface area contributed by atoms with Crippen molar-refractivity contribution >= 4 is 5.91 Å². The molecule has 0 radical (unpaired) electrons. The molecule has 2 heterocycles. The number of benzene rings is 1. The molecule has 1 amide bonds. The Morgan fingerprint density at radius 1 is 1.43 bits per heavy atom. The Balaban J connectivity index is 1.61. The first-order chi connectivity index (χ1) is 10.3. The topological polar surface area (TPSA) is 50.4 Å². The van der Waals surface area contributed by atoms with Crippen molar-refractivity contribution in [3.05, 3.63) is 35.4 Å². The SMILES string of the molecule is CCC1OCCC1CNC(=O)C1CNCc2ccccc21. The number of ether oxygens (including phenoxy) is 1. The maximum atomic E-state index is 12.5. The standard InChI is InChI=1S/C17H24N2O2/c1-2-16-13(7-8-21-16)10-19-17(20)15-11-18-9-12-5-3-4-6-14(12)15/h3-6,13,15-16,18H,2,7-11H2,1H3,(H,19,20). The van der Waals surface area contributed by atoms with Gasteiger partial charge in [-0.05, 0) is 24.0 Å². The van der Waals surface area contributed by atoms with Crippen LogP contribution in [-0.4, -0.2) is 31.7 Å². The van der Waals surface area contributed by atoms with Crippen LogP contribution in [0.2, 0.25) is 0 Å². The second kappa shape index (κ2) is 6.58. The highest BCUT2D eigenvalue weighted by Gasteiger charge is 2.29. The van der Waals surface area contributed by atoms with Crippen molar-refractivity contribution in [1.29, 1.82) is 0 Å². The molecule has 2 aliphatic rings.